The topological polar surface area (TPSA) is 67.1 Å². The van der Waals surface area contributed by atoms with Gasteiger partial charge in [-0.05, 0) is 17.2 Å². The van der Waals surface area contributed by atoms with Crippen LogP contribution in [-0.2, 0) is 17.8 Å². The summed E-state index contributed by atoms with van der Waals surface area (Å²) >= 11 is 0. The number of benzene rings is 1. The lowest BCUT2D eigenvalue weighted by Crippen LogP contribution is -2.20. The monoisotopic (exact) mass is 177 g/mol. The standard InChI is InChI=1S/C9H11N3O/c10-11-5-6-1-2-8-7(3-6)4-9(13)12-8/h1-3,11H,4-5,10H2,(H,12,13). The summed E-state index contributed by atoms with van der Waals surface area (Å²) < 4.78 is 0. The molecule has 0 aliphatic carbocycles. The Morgan fingerprint density at radius 2 is 2.38 bits per heavy atom. The summed E-state index contributed by atoms with van der Waals surface area (Å²) in [5.74, 6) is 5.26. The van der Waals surface area contributed by atoms with E-state index in [0.29, 0.717) is 13.0 Å². The Morgan fingerprint density at radius 1 is 1.54 bits per heavy atom. The molecule has 0 fully saturated rings. The number of hydrogen-bond acceptors (Lipinski definition) is 3. The van der Waals surface area contributed by atoms with Crippen molar-refractivity contribution >= 4 is 11.6 Å². The van der Waals surface area contributed by atoms with Crippen LogP contribution in [0.2, 0.25) is 0 Å². The zero-order chi connectivity index (χ0) is 9.26. The van der Waals surface area contributed by atoms with Crippen molar-refractivity contribution in [3.8, 4) is 0 Å². The van der Waals surface area contributed by atoms with Crippen molar-refractivity contribution in [2.75, 3.05) is 5.32 Å². The zero-order valence-electron chi connectivity index (χ0n) is 7.13. The quantitative estimate of drug-likeness (QED) is 0.445. The van der Waals surface area contributed by atoms with Crippen LogP contribution in [0.25, 0.3) is 0 Å². The Hall–Kier alpha value is -1.39. The molecule has 0 saturated heterocycles. The second-order valence-electron chi connectivity index (χ2n) is 3.10. The summed E-state index contributed by atoms with van der Waals surface area (Å²) in [6.07, 6.45) is 0.480. The molecule has 13 heavy (non-hydrogen) atoms. The number of hydrogen-bond donors (Lipinski definition) is 3. The summed E-state index contributed by atoms with van der Waals surface area (Å²) in [6.45, 7) is 0.626. The highest BCUT2D eigenvalue weighted by Crippen LogP contribution is 2.23. The molecule has 0 bridgehead atoms. The third-order valence-electron chi connectivity index (χ3n) is 2.10. The van der Waals surface area contributed by atoms with E-state index in [9.17, 15) is 4.79 Å². The molecule has 4 nitrogen and oxygen atoms in total. The van der Waals surface area contributed by atoms with E-state index in [2.05, 4.69) is 10.7 Å². The predicted molar refractivity (Wildman–Crippen MR) is 49.8 cm³/mol. The smallest absolute Gasteiger partial charge is 0.228 e. The summed E-state index contributed by atoms with van der Waals surface area (Å²) in [5, 5.41) is 2.78. The van der Waals surface area contributed by atoms with Crippen molar-refractivity contribution in [2.45, 2.75) is 13.0 Å². The average Bonchev–Trinajstić information content (AvgIpc) is 2.44. The van der Waals surface area contributed by atoms with Gasteiger partial charge in [0.1, 0.15) is 0 Å². The van der Waals surface area contributed by atoms with Crippen molar-refractivity contribution in [3.05, 3.63) is 29.3 Å². The molecular formula is C9H11N3O. The molecule has 1 aromatic rings. The van der Waals surface area contributed by atoms with Gasteiger partial charge in [0.2, 0.25) is 5.91 Å². The highest BCUT2D eigenvalue weighted by atomic mass is 16.1. The summed E-state index contributed by atoms with van der Waals surface area (Å²) in [5.41, 5.74) is 5.65. The highest BCUT2D eigenvalue weighted by molar-refractivity contribution is 5.99. The van der Waals surface area contributed by atoms with E-state index >= 15 is 0 Å². The van der Waals surface area contributed by atoms with Crippen molar-refractivity contribution in [1.29, 1.82) is 0 Å². The van der Waals surface area contributed by atoms with Gasteiger partial charge in [0, 0.05) is 12.2 Å². The molecule has 0 aromatic heterocycles. The van der Waals surface area contributed by atoms with Crippen molar-refractivity contribution < 1.29 is 4.79 Å². The maximum absolute atomic E-state index is 11.0. The molecule has 2 rings (SSSR count). The minimum Gasteiger partial charge on any atom is -0.326 e. The highest BCUT2D eigenvalue weighted by Gasteiger charge is 2.16. The number of hydrazine groups is 1. The maximum Gasteiger partial charge on any atom is 0.228 e. The summed E-state index contributed by atoms with van der Waals surface area (Å²) in [4.78, 5) is 11.0. The molecule has 0 unspecified atom stereocenters. The minimum atomic E-state index is 0.0628. The molecule has 1 aromatic carbocycles. The molecule has 1 aliphatic rings. The number of carbonyl (C=O) groups excluding carboxylic acids is 1. The molecular weight excluding hydrogens is 166 g/mol. The molecule has 0 radical (unpaired) electrons. The van der Waals surface area contributed by atoms with Crippen LogP contribution in [-0.4, -0.2) is 5.91 Å². The van der Waals surface area contributed by atoms with E-state index in [1.54, 1.807) is 0 Å². The van der Waals surface area contributed by atoms with E-state index < -0.39 is 0 Å². The van der Waals surface area contributed by atoms with Crippen molar-refractivity contribution in [1.82, 2.24) is 5.43 Å². The van der Waals surface area contributed by atoms with Crippen LogP contribution in [0.1, 0.15) is 11.1 Å². The number of nitrogens with one attached hydrogen (secondary N) is 2. The Labute approximate surface area is 76.1 Å². The van der Waals surface area contributed by atoms with Crippen LogP contribution in [0.5, 0.6) is 0 Å². The minimum absolute atomic E-state index is 0.0628. The molecule has 4 heteroatoms. The second-order valence-corrected chi connectivity index (χ2v) is 3.10. The first-order chi connectivity index (χ1) is 6.29. The van der Waals surface area contributed by atoms with Crippen LogP contribution < -0.4 is 16.6 Å². The third-order valence-corrected chi connectivity index (χ3v) is 2.10. The Kier molecular flexibility index (Phi) is 2.00. The van der Waals surface area contributed by atoms with Gasteiger partial charge >= 0.3 is 0 Å². The van der Waals surface area contributed by atoms with Crippen LogP contribution >= 0.6 is 0 Å². The van der Waals surface area contributed by atoms with Crippen LogP contribution in [0.4, 0.5) is 5.69 Å². The van der Waals surface area contributed by atoms with Gasteiger partial charge in [0.25, 0.3) is 0 Å². The van der Waals surface area contributed by atoms with Gasteiger partial charge < -0.3 is 5.32 Å². The van der Waals surface area contributed by atoms with Crippen LogP contribution in [0.15, 0.2) is 18.2 Å². The van der Waals surface area contributed by atoms with Gasteiger partial charge in [0.05, 0.1) is 6.42 Å². The molecule has 0 saturated carbocycles. The lowest BCUT2D eigenvalue weighted by molar-refractivity contribution is -0.115. The first-order valence-electron chi connectivity index (χ1n) is 4.15. The lowest BCUT2D eigenvalue weighted by atomic mass is 10.1. The number of carbonyl (C=O) groups is 1. The molecule has 0 atom stereocenters. The third kappa shape index (κ3) is 1.54. The van der Waals surface area contributed by atoms with Gasteiger partial charge in [-0.1, -0.05) is 12.1 Å². The lowest BCUT2D eigenvalue weighted by Gasteiger charge is -2.02. The molecule has 1 heterocycles. The molecule has 1 aliphatic heterocycles. The van der Waals surface area contributed by atoms with E-state index in [4.69, 9.17) is 5.84 Å². The second kappa shape index (κ2) is 3.16. The summed E-state index contributed by atoms with van der Waals surface area (Å²) in [6, 6.07) is 5.85. The van der Waals surface area contributed by atoms with Crippen molar-refractivity contribution in [3.63, 3.8) is 0 Å². The van der Waals surface area contributed by atoms with E-state index in [1.165, 1.54) is 0 Å². The molecule has 4 N–H and O–H groups in total. The molecule has 0 spiro atoms. The van der Waals surface area contributed by atoms with Gasteiger partial charge in [-0.2, -0.15) is 0 Å². The van der Waals surface area contributed by atoms with E-state index in [0.717, 1.165) is 16.8 Å². The van der Waals surface area contributed by atoms with Crippen LogP contribution in [0, 0.1) is 0 Å². The SMILES string of the molecule is NNCc1ccc2c(c1)CC(=O)N2. The predicted octanol–water partition coefficient (Wildman–Crippen LogP) is 0.144. The Morgan fingerprint density at radius 3 is 3.15 bits per heavy atom. The molecule has 1 amide bonds. The first kappa shape index (κ1) is 8.22. The van der Waals surface area contributed by atoms with E-state index in [-0.39, 0.29) is 5.91 Å². The largest absolute Gasteiger partial charge is 0.326 e. The van der Waals surface area contributed by atoms with Crippen molar-refractivity contribution in [2.24, 2.45) is 5.84 Å². The Bertz CT molecular complexity index is 349. The number of fused-ring (bicyclic) bond motifs is 1. The van der Waals surface area contributed by atoms with E-state index in [1.807, 2.05) is 18.2 Å². The van der Waals surface area contributed by atoms with Gasteiger partial charge in [-0.3, -0.25) is 16.1 Å². The average molecular weight is 177 g/mol. The first-order valence-corrected chi connectivity index (χ1v) is 4.15. The summed E-state index contributed by atoms with van der Waals surface area (Å²) in [7, 11) is 0. The number of rotatable bonds is 2. The number of amides is 1. The van der Waals surface area contributed by atoms with Gasteiger partial charge in [-0.25, -0.2) is 0 Å². The fourth-order valence-corrected chi connectivity index (χ4v) is 1.51. The number of anilines is 1. The normalized spacial score (nSPS) is 14.1. The maximum atomic E-state index is 11.0. The zero-order valence-corrected chi connectivity index (χ0v) is 7.13. The fourth-order valence-electron chi connectivity index (χ4n) is 1.51. The van der Waals surface area contributed by atoms with Gasteiger partial charge in [0.15, 0.2) is 0 Å². The van der Waals surface area contributed by atoms with Gasteiger partial charge in [-0.15, -0.1) is 0 Å². The number of nitrogens with two attached hydrogens (primary N) is 1. The Balaban J connectivity index is 2.29. The molecule has 68 valence electrons. The fraction of sp³-hybridized carbons (Fsp3) is 0.222. The van der Waals surface area contributed by atoms with Crippen LogP contribution in [0.3, 0.4) is 0 Å².